The Bertz CT molecular complexity index is 565. The Balaban J connectivity index is 2.31. The fraction of sp³-hybridized carbons (Fsp3) is 0.294. The van der Waals surface area contributed by atoms with Crippen molar-refractivity contribution in [1.82, 2.24) is 0 Å². The largest absolute Gasteiger partial charge is 0.508 e. The molecule has 0 heterocycles. The zero-order valence-electron chi connectivity index (χ0n) is 11.6. The molecule has 0 amide bonds. The van der Waals surface area contributed by atoms with Crippen molar-refractivity contribution in [2.75, 3.05) is 0 Å². The molecule has 19 heavy (non-hydrogen) atoms. The third kappa shape index (κ3) is 3.51. The highest BCUT2D eigenvalue weighted by molar-refractivity contribution is 6.30. The molecular formula is C17H19ClO. The van der Waals surface area contributed by atoms with Gasteiger partial charge in [-0.15, -0.1) is 0 Å². The molecule has 2 heteroatoms. The number of phenols is 1. The second-order valence-corrected chi connectivity index (χ2v) is 6.33. The minimum absolute atomic E-state index is 0.0858. The number of halogens is 1. The summed E-state index contributed by atoms with van der Waals surface area (Å²) in [4.78, 5) is 0. The maximum atomic E-state index is 9.99. The summed E-state index contributed by atoms with van der Waals surface area (Å²) >= 11 is 5.88. The molecule has 0 spiro atoms. The number of benzene rings is 2. The monoisotopic (exact) mass is 274 g/mol. The van der Waals surface area contributed by atoms with Gasteiger partial charge in [-0.3, -0.25) is 0 Å². The van der Waals surface area contributed by atoms with Crippen LogP contribution in [0.4, 0.5) is 0 Å². The van der Waals surface area contributed by atoms with Crippen LogP contribution in [0.1, 0.15) is 37.5 Å². The predicted octanol–water partition coefficient (Wildman–Crippen LogP) is 4.93. The van der Waals surface area contributed by atoms with E-state index in [1.54, 1.807) is 6.07 Å². The number of aromatic hydroxyl groups is 1. The Hall–Kier alpha value is -1.47. The standard InChI is InChI=1S/C17H19ClO/c1-17(2,3)14-6-9-16(19)13(11-14)10-12-4-7-15(18)8-5-12/h4-9,11,19H,10H2,1-3H3. The fourth-order valence-corrected chi connectivity index (χ4v) is 2.14. The van der Waals surface area contributed by atoms with Crippen LogP contribution in [0.15, 0.2) is 42.5 Å². The highest BCUT2D eigenvalue weighted by Gasteiger charge is 2.15. The molecule has 0 aromatic heterocycles. The molecule has 0 aliphatic heterocycles. The fourth-order valence-electron chi connectivity index (χ4n) is 2.02. The van der Waals surface area contributed by atoms with Crippen LogP contribution < -0.4 is 0 Å². The van der Waals surface area contributed by atoms with Crippen molar-refractivity contribution in [2.45, 2.75) is 32.6 Å². The summed E-state index contributed by atoms with van der Waals surface area (Å²) in [6.45, 7) is 6.52. The van der Waals surface area contributed by atoms with E-state index in [-0.39, 0.29) is 5.41 Å². The molecule has 0 aliphatic carbocycles. The molecule has 0 aliphatic rings. The minimum atomic E-state index is 0.0858. The third-order valence-corrected chi connectivity index (χ3v) is 3.51. The molecule has 2 aromatic carbocycles. The van der Waals surface area contributed by atoms with Crippen molar-refractivity contribution >= 4 is 11.6 Å². The van der Waals surface area contributed by atoms with E-state index in [1.807, 2.05) is 30.3 Å². The first kappa shape index (κ1) is 14.0. The van der Waals surface area contributed by atoms with Gasteiger partial charge in [0.1, 0.15) is 5.75 Å². The number of phenolic OH excluding ortho intramolecular Hbond substituents is 1. The first-order valence-electron chi connectivity index (χ1n) is 6.43. The molecule has 0 radical (unpaired) electrons. The Morgan fingerprint density at radius 1 is 1.00 bits per heavy atom. The van der Waals surface area contributed by atoms with Crippen molar-refractivity contribution in [3.63, 3.8) is 0 Å². The van der Waals surface area contributed by atoms with E-state index in [9.17, 15) is 5.11 Å². The summed E-state index contributed by atoms with van der Waals surface area (Å²) in [6, 6.07) is 13.6. The van der Waals surface area contributed by atoms with Crippen LogP contribution in [-0.4, -0.2) is 5.11 Å². The molecule has 100 valence electrons. The molecule has 0 saturated heterocycles. The van der Waals surface area contributed by atoms with E-state index >= 15 is 0 Å². The average molecular weight is 275 g/mol. The molecule has 1 N–H and O–H groups in total. The number of hydrogen-bond acceptors (Lipinski definition) is 1. The molecule has 1 nitrogen and oxygen atoms in total. The van der Waals surface area contributed by atoms with Crippen LogP contribution in [0, 0.1) is 0 Å². The summed E-state index contributed by atoms with van der Waals surface area (Å²) in [5.74, 6) is 0.350. The van der Waals surface area contributed by atoms with Crippen molar-refractivity contribution in [3.8, 4) is 5.75 Å². The average Bonchev–Trinajstić information content (AvgIpc) is 2.33. The highest BCUT2D eigenvalue weighted by atomic mass is 35.5. The lowest BCUT2D eigenvalue weighted by molar-refractivity contribution is 0.468. The molecule has 0 unspecified atom stereocenters. The lowest BCUT2D eigenvalue weighted by Gasteiger charge is -2.20. The molecule has 0 atom stereocenters. The van der Waals surface area contributed by atoms with Crippen LogP contribution >= 0.6 is 11.6 Å². The number of hydrogen-bond donors (Lipinski definition) is 1. The van der Waals surface area contributed by atoms with Gasteiger partial charge in [-0.2, -0.15) is 0 Å². The lowest BCUT2D eigenvalue weighted by Crippen LogP contribution is -2.11. The summed E-state index contributed by atoms with van der Waals surface area (Å²) in [6.07, 6.45) is 0.715. The van der Waals surface area contributed by atoms with E-state index in [4.69, 9.17) is 11.6 Å². The second-order valence-electron chi connectivity index (χ2n) is 5.90. The van der Waals surface area contributed by atoms with Crippen LogP contribution in [-0.2, 0) is 11.8 Å². The zero-order chi connectivity index (χ0) is 14.0. The molecule has 0 fully saturated rings. The lowest BCUT2D eigenvalue weighted by atomic mass is 9.85. The van der Waals surface area contributed by atoms with Crippen molar-refractivity contribution in [2.24, 2.45) is 0 Å². The molecule has 0 saturated carbocycles. The Morgan fingerprint density at radius 3 is 2.21 bits per heavy atom. The van der Waals surface area contributed by atoms with Gasteiger partial charge in [0.05, 0.1) is 0 Å². The van der Waals surface area contributed by atoms with Gasteiger partial charge in [0, 0.05) is 11.4 Å². The maximum Gasteiger partial charge on any atom is 0.119 e. The molecule has 2 rings (SSSR count). The van der Waals surface area contributed by atoms with Crippen molar-refractivity contribution in [1.29, 1.82) is 0 Å². The summed E-state index contributed by atoms with van der Waals surface area (Å²) in [7, 11) is 0. The van der Waals surface area contributed by atoms with E-state index in [0.717, 1.165) is 16.1 Å². The number of rotatable bonds is 2. The summed E-state index contributed by atoms with van der Waals surface area (Å²) < 4.78 is 0. The summed E-state index contributed by atoms with van der Waals surface area (Å²) in [5, 5.41) is 10.7. The first-order valence-corrected chi connectivity index (χ1v) is 6.81. The molecule has 2 aromatic rings. The second kappa shape index (κ2) is 5.26. The Labute approximate surface area is 119 Å². The van der Waals surface area contributed by atoms with Crippen LogP contribution in [0.5, 0.6) is 5.75 Å². The first-order chi connectivity index (χ1) is 8.86. The smallest absolute Gasteiger partial charge is 0.119 e. The van der Waals surface area contributed by atoms with Crippen LogP contribution in [0.2, 0.25) is 5.02 Å². The quantitative estimate of drug-likeness (QED) is 0.823. The van der Waals surface area contributed by atoms with Gasteiger partial charge < -0.3 is 5.11 Å². The van der Waals surface area contributed by atoms with Gasteiger partial charge in [-0.05, 0) is 40.3 Å². The Kier molecular flexibility index (Phi) is 3.86. The molecular weight excluding hydrogens is 256 g/mol. The maximum absolute atomic E-state index is 9.99. The summed E-state index contributed by atoms with van der Waals surface area (Å²) in [5.41, 5.74) is 3.41. The van der Waals surface area contributed by atoms with Gasteiger partial charge in [-0.1, -0.05) is 56.6 Å². The van der Waals surface area contributed by atoms with Crippen LogP contribution in [0.3, 0.4) is 0 Å². The van der Waals surface area contributed by atoms with E-state index in [2.05, 4.69) is 26.8 Å². The van der Waals surface area contributed by atoms with E-state index < -0.39 is 0 Å². The molecule has 0 bridgehead atoms. The normalized spacial score (nSPS) is 11.6. The SMILES string of the molecule is CC(C)(C)c1ccc(O)c(Cc2ccc(Cl)cc2)c1. The zero-order valence-corrected chi connectivity index (χ0v) is 12.3. The van der Waals surface area contributed by atoms with Gasteiger partial charge in [-0.25, -0.2) is 0 Å². The van der Waals surface area contributed by atoms with Crippen molar-refractivity contribution in [3.05, 3.63) is 64.2 Å². The van der Waals surface area contributed by atoms with Gasteiger partial charge in [0.15, 0.2) is 0 Å². The minimum Gasteiger partial charge on any atom is -0.508 e. The van der Waals surface area contributed by atoms with Gasteiger partial charge in [0.2, 0.25) is 0 Å². The van der Waals surface area contributed by atoms with Gasteiger partial charge >= 0.3 is 0 Å². The highest BCUT2D eigenvalue weighted by Crippen LogP contribution is 2.28. The third-order valence-electron chi connectivity index (χ3n) is 3.25. The predicted molar refractivity (Wildman–Crippen MR) is 81.1 cm³/mol. The van der Waals surface area contributed by atoms with E-state index in [1.165, 1.54) is 5.56 Å². The van der Waals surface area contributed by atoms with Crippen LogP contribution in [0.25, 0.3) is 0 Å². The van der Waals surface area contributed by atoms with Gasteiger partial charge in [0.25, 0.3) is 0 Å². The topological polar surface area (TPSA) is 20.2 Å². The van der Waals surface area contributed by atoms with E-state index in [0.29, 0.717) is 12.2 Å². The van der Waals surface area contributed by atoms with Crippen molar-refractivity contribution < 1.29 is 5.11 Å². The Morgan fingerprint density at radius 2 is 1.63 bits per heavy atom.